The third-order valence-corrected chi connectivity index (χ3v) is 3.78. The van der Waals surface area contributed by atoms with Crippen LogP contribution >= 0.6 is 15.9 Å². The lowest BCUT2D eigenvalue weighted by molar-refractivity contribution is 0.0243. The van der Waals surface area contributed by atoms with Gasteiger partial charge in [-0.05, 0) is 37.6 Å². The summed E-state index contributed by atoms with van der Waals surface area (Å²) >= 11 is 3.39. The van der Waals surface area contributed by atoms with Gasteiger partial charge in [0.1, 0.15) is 0 Å². The molecule has 1 atom stereocenters. The SMILES string of the molecule is COCC[C@@](C)(O)CNC(=O)c1ccc(Br)c(C)c1. The first-order chi connectivity index (χ1) is 8.85. The number of halogens is 1. The summed E-state index contributed by atoms with van der Waals surface area (Å²) in [5, 5.41) is 12.8. The van der Waals surface area contributed by atoms with Crippen molar-refractivity contribution in [3.05, 3.63) is 33.8 Å². The average molecular weight is 330 g/mol. The number of methoxy groups -OCH3 is 1. The van der Waals surface area contributed by atoms with Gasteiger partial charge in [-0.3, -0.25) is 4.79 Å². The van der Waals surface area contributed by atoms with Crippen LogP contribution in [-0.2, 0) is 4.74 Å². The Bertz CT molecular complexity index is 446. The normalized spacial score (nSPS) is 13.9. The van der Waals surface area contributed by atoms with Gasteiger partial charge in [-0.2, -0.15) is 0 Å². The second-order valence-corrected chi connectivity index (χ2v) is 5.74. The van der Waals surface area contributed by atoms with Crippen LogP contribution in [0.25, 0.3) is 0 Å². The van der Waals surface area contributed by atoms with Crippen molar-refractivity contribution < 1.29 is 14.6 Å². The standard InChI is InChI=1S/C14H20BrNO3/c1-10-8-11(4-5-12(10)15)13(17)16-9-14(2,18)6-7-19-3/h4-5,8,18H,6-7,9H2,1-3H3,(H,16,17)/t14-/m1/s1. The van der Waals surface area contributed by atoms with E-state index < -0.39 is 5.60 Å². The fourth-order valence-corrected chi connectivity index (χ4v) is 1.82. The summed E-state index contributed by atoms with van der Waals surface area (Å²) in [5.41, 5.74) is 0.623. The van der Waals surface area contributed by atoms with Crippen LogP contribution in [0.4, 0.5) is 0 Å². The van der Waals surface area contributed by atoms with Gasteiger partial charge in [0.25, 0.3) is 5.91 Å². The summed E-state index contributed by atoms with van der Waals surface area (Å²) < 4.78 is 5.89. The topological polar surface area (TPSA) is 58.6 Å². The van der Waals surface area contributed by atoms with E-state index in [1.54, 1.807) is 20.1 Å². The molecule has 0 aliphatic heterocycles. The monoisotopic (exact) mass is 329 g/mol. The highest BCUT2D eigenvalue weighted by atomic mass is 79.9. The first-order valence-electron chi connectivity index (χ1n) is 6.11. The van der Waals surface area contributed by atoms with E-state index in [4.69, 9.17) is 4.74 Å². The van der Waals surface area contributed by atoms with Crippen LogP contribution in [0.1, 0.15) is 29.3 Å². The highest BCUT2D eigenvalue weighted by Gasteiger charge is 2.21. The maximum absolute atomic E-state index is 12.0. The molecule has 0 radical (unpaired) electrons. The van der Waals surface area contributed by atoms with Gasteiger partial charge in [0.15, 0.2) is 0 Å². The Morgan fingerprint density at radius 3 is 2.79 bits per heavy atom. The number of aliphatic hydroxyl groups is 1. The molecule has 1 amide bonds. The minimum absolute atomic E-state index is 0.187. The highest BCUT2D eigenvalue weighted by Crippen LogP contribution is 2.17. The molecule has 0 spiro atoms. The zero-order valence-electron chi connectivity index (χ0n) is 11.5. The number of hydrogen-bond donors (Lipinski definition) is 2. The molecule has 0 unspecified atom stereocenters. The number of ether oxygens (including phenoxy) is 1. The Hall–Kier alpha value is -0.910. The van der Waals surface area contributed by atoms with E-state index in [9.17, 15) is 9.90 Å². The van der Waals surface area contributed by atoms with E-state index in [1.165, 1.54) is 0 Å². The summed E-state index contributed by atoms with van der Waals surface area (Å²) in [4.78, 5) is 12.0. The van der Waals surface area contributed by atoms with Crippen LogP contribution < -0.4 is 5.32 Å². The number of rotatable bonds is 6. The van der Waals surface area contributed by atoms with Gasteiger partial charge in [-0.25, -0.2) is 0 Å². The number of benzene rings is 1. The molecule has 1 aromatic carbocycles. The maximum atomic E-state index is 12.0. The number of hydrogen-bond acceptors (Lipinski definition) is 3. The largest absolute Gasteiger partial charge is 0.388 e. The number of carbonyl (C=O) groups is 1. The number of aryl methyl sites for hydroxylation is 1. The number of amides is 1. The molecular weight excluding hydrogens is 310 g/mol. The van der Waals surface area contributed by atoms with Gasteiger partial charge in [0, 0.05) is 36.7 Å². The lowest BCUT2D eigenvalue weighted by atomic mass is 10.0. The molecule has 0 bridgehead atoms. The van der Waals surface area contributed by atoms with Crippen LogP contribution in [-0.4, -0.2) is 36.9 Å². The smallest absolute Gasteiger partial charge is 0.251 e. The predicted molar refractivity (Wildman–Crippen MR) is 78.3 cm³/mol. The number of nitrogens with one attached hydrogen (secondary N) is 1. The molecule has 0 aliphatic carbocycles. The zero-order chi connectivity index (χ0) is 14.5. The van der Waals surface area contributed by atoms with Gasteiger partial charge >= 0.3 is 0 Å². The van der Waals surface area contributed by atoms with Crippen molar-refractivity contribution in [3.63, 3.8) is 0 Å². The Balaban J connectivity index is 2.57. The molecule has 1 aromatic rings. The quantitative estimate of drug-likeness (QED) is 0.841. The third kappa shape index (κ3) is 5.30. The van der Waals surface area contributed by atoms with Crippen LogP contribution in [0.3, 0.4) is 0 Å². The Labute approximate surface area is 122 Å². The van der Waals surface area contributed by atoms with Crippen LogP contribution in [0, 0.1) is 6.92 Å². The van der Waals surface area contributed by atoms with Gasteiger partial charge in [-0.15, -0.1) is 0 Å². The molecule has 5 heteroatoms. The lowest BCUT2D eigenvalue weighted by Crippen LogP contribution is -2.41. The van der Waals surface area contributed by atoms with Crippen LogP contribution in [0.15, 0.2) is 22.7 Å². The Kier molecular flexibility index (Phi) is 5.97. The fraction of sp³-hybridized carbons (Fsp3) is 0.500. The molecule has 2 N–H and O–H groups in total. The van der Waals surface area contributed by atoms with Crippen molar-refractivity contribution in [3.8, 4) is 0 Å². The fourth-order valence-electron chi connectivity index (χ4n) is 1.57. The summed E-state index contributed by atoms with van der Waals surface area (Å²) in [6, 6.07) is 5.40. The average Bonchev–Trinajstić information content (AvgIpc) is 2.37. The molecule has 4 nitrogen and oxygen atoms in total. The van der Waals surface area contributed by atoms with E-state index in [-0.39, 0.29) is 12.5 Å². The molecular formula is C14H20BrNO3. The maximum Gasteiger partial charge on any atom is 0.251 e. The second-order valence-electron chi connectivity index (χ2n) is 4.89. The predicted octanol–water partition coefficient (Wildman–Crippen LogP) is 2.27. The molecule has 1 rings (SSSR count). The van der Waals surface area contributed by atoms with E-state index in [0.29, 0.717) is 18.6 Å². The van der Waals surface area contributed by atoms with Crippen molar-refractivity contribution in [2.45, 2.75) is 25.9 Å². The number of carbonyl (C=O) groups excluding carboxylic acids is 1. The van der Waals surface area contributed by atoms with Gasteiger partial charge < -0.3 is 15.2 Å². The second kappa shape index (κ2) is 7.03. The van der Waals surface area contributed by atoms with E-state index in [0.717, 1.165) is 10.0 Å². The molecule has 19 heavy (non-hydrogen) atoms. The Morgan fingerprint density at radius 1 is 1.53 bits per heavy atom. The van der Waals surface area contributed by atoms with Crippen LogP contribution in [0.5, 0.6) is 0 Å². The highest BCUT2D eigenvalue weighted by molar-refractivity contribution is 9.10. The van der Waals surface area contributed by atoms with E-state index in [2.05, 4.69) is 21.2 Å². The van der Waals surface area contributed by atoms with Gasteiger partial charge in [0.2, 0.25) is 0 Å². The van der Waals surface area contributed by atoms with Crippen LogP contribution in [0.2, 0.25) is 0 Å². The van der Waals surface area contributed by atoms with Crippen molar-refractivity contribution in [1.82, 2.24) is 5.32 Å². The lowest BCUT2D eigenvalue weighted by Gasteiger charge is -2.23. The van der Waals surface area contributed by atoms with Crippen molar-refractivity contribution in [2.75, 3.05) is 20.3 Å². The summed E-state index contributed by atoms with van der Waals surface area (Å²) in [6.07, 6.45) is 0.475. The molecule has 0 heterocycles. The summed E-state index contributed by atoms with van der Waals surface area (Å²) in [7, 11) is 1.58. The van der Waals surface area contributed by atoms with E-state index in [1.807, 2.05) is 19.1 Å². The molecule has 106 valence electrons. The molecule has 0 aliphatic rings. The van der Waals surface area contributed by atoms with Gasteiger partial charge in [0.05, 0.1) is 5.60 Å². The molecule has 0 saturated heterocycles. The van der Waals surface area contributed by atoms with Gasteiger partial charge in [-0.1, -0.05) is 15.9 Å². The minimum atomic E-state index is -0.962. The molecule has 0 fully saturated rings. The summed E-state index contributed by atoms with van der Waals surface area (Å²) in [5.74, 6) is -0.187. The Morgan fingerprint density at radius 2 is 2.21 bits per heavy atom. The zero-order valence-corrected chi connectivity index (χ0v) is 13.1. The summed E-state index contributed by atoms with van der Waals surface area (Å²) in [6.45, 7) is 4.26. The molecule has 0 saturated carbocycles. The first-order valence-corrected chi connectivity index (χ1v) is 6.91. The van der Waals surface area contributed by atoms with Crippen molar-refractivity contribution in [1.29, 1.82) is 0 Å². The molecule has 0 aromatic heterocycles. The van der Waals surface area contributed by atoms with Crippen molar-refractivity contribution >= 4 is 21.8 Å². The third-order valence-electron chi connectivity index (χ3n) is 2.89. The van der Waals surface area contributed by atoms with Crippen molar-refractivity contribution in [2.24, 2.45) is 0 Å². The first kappa shape index (κ1) is 16.1. The minimum Gasteiger partial charge on any atom is -0.388 e. The van der Waals surface area contributed by atoms with E-state index >= 15 is 0 Å².